The number of methoxy groups -OCH3 is 2. The molecule has 0 aliphatic rings. The van der Waals surface area contributed by atoms with Crippen LogP contribution in [-0.4, -0.2) is 20.2 Å². The van der Waals surface area contributed by atoms with E-state index in [9.17, 15) is 4.79 Å². The highest BCUT2D eigenvalue weighted by atomic mass is 16.5. The standard InChI is InChI=1S/C14H15NO3/c1-17-10-12(9-15)13(8-14(16)18-2)11-6-4-3-5-7-11/h3-7,10,13H,8H2,1-2H3/b12-10+. The van der Waals surface area contributed by atoms with Crippen molar-refractivity contribution in [2.24, 2.45) is 0 Å². The van der Waals surface area contributed by atoms with Crippen LogP contribution in [0.25, 0.3) is 0 Å². The van der Waals surface area contributed by atoms with Gasteiger partial charge >= 0.3 is 5.97 Å². The molecule has 1 unspecified atom stereocenters. The van der Waals surface area contributed by atoms with Crippen molar-refractivity contribution in [1.82, 2.24) is 0 Å². The zero-order valence-electron chi connectivity index (χ0n) is 10.4. The molecule has 1 aromatic rings. The SMILES string of the molecule is CO/C=C(\C#N)C(CC(=O)OC)c1ccccc1. The normalized spacial score (nSPS) is 12.4. The van der Waals surface area contributed by atoms with Crippen LogP contribution in [0.1, 0.15) is 17.9 Å². The predicted octanol–water partition coefficient (Wildman–Crippen LogP) is 2.39. The number of benzene rings is 1. The molecule has 0 heterocycles. The average Bonchev–Trinajstić information content (AvgIpc) is 2.43. The summed E-state index contributed by atoms with van der Waals surface area (Å²) in [5.41, 5.74) is 1.28. The highest BCUT2D eigenvalue weighted by molar-refractivity contribution is 5.71. The molecule has 1 atom stereocenters. The molecule has 1 rings (SSSR count). The first-order valence-electron chi connectivity index (χ1n) is 5.47. The van der Waals surface area contributed by atoms with E-state index in [0.29, 0.717) is 5.57 Å². The van der Waals surface area contributed by atoms with E-state index in [1.165, 1.54) is 20.5 Å². The minimum atomic E-state index is -0.360. The maximum absolute atomic E-state index is 11.4. The summed E-state index contributed by atoms with van der Waals surface area (Å²) in [6, 6.07) is 11.4. The molecule has 18 heavy (non-hydrogen) atoms. The van der Waals surface area contributed by atoms with Crippen molar-refractivity contribution in [3.8, 4) is 6.07 Å². The minimum Gasteiger partial charge on any atom is -0.503 e. The molecule has 1 aromatic carbocycles. The number of hydrogen-bond acceptors (Lipinski definition) is 4. The Morgan fingerprint density at radius 1 is 1.39 bits per heavy atom. The van der Waals surface area contributed by atoms with Gasteiger partial charge < -0.3 is 9.47 Å². The second kappa shape index (κ2) is 7.13. The summed E-state index contributed by atoms with van der Waals surface area (Å²) < 4.78 is 9.53. The minimum absolute atomic E-state index is 0.114. The third-order valence-electron chi connectivity index (χ3n) is 2.55. The molecule has 0 aliphatic carbocycles. The molecular weight excluding hydrogens is 230 g/mol. The first-order valence-corrected chi connectivity index (χ1v) is 5.47. The average molecular weight is 245 g/mol. The van der Waals surface area contributed by atoms with Gasteiger partial charge in [-0.05, 0) is 5.56 Å². The fourth-order valence-corrected chi connectivity index (χ4v) is 1.66. The predicted molar refractivity (Wildman–Crippen MR) is 66.5 cm³/mol. The number of carbonyl (C=O) groups is 1. The van der Waals surface area contributed by atoms with Gasteiger partial charge in [-0.3, -0.25) is 4.79 Å². The Bertz CT molecular complexity index is 460. The lowest BCUT2D eigenvalue weighted by Crippen LogP contribution is -2.10. The number of hydrogen-bond donors (Lipinski definition) is 0. The lowest BCUT2D eigenvalue weighted by atomic mass is 9.89. The number of allylic oxidation sites excluding steroid dienone is 1. The topological polar surface area (TPSA) is 59.3 Å². The monoisotopic (exact) mass is 245 g/mol. The van der Waals surface area contributed by atoms with Crippen LogP contribution in [0.3, 0.4) is 0 Å². The molecule has 0 fully saturated rings. The number of rotatable bonds is 5. The van der Waals surface area contributed by atoms with E-state index in [1.54, 1.807) is 0 Å². The quantitative estimate of drug-likeness (QED) is 0.454. The fourth-order valence-electron chi connectivity index (χ4n) is 1.66. The number of carbonyl (C=O) groups excluding carboxylic acids is 1. The largest absolute Gasteiger partial charge is 0.503 e. The van der Waals surface area contributed by atoms with Gasteiger partial charge in [-0.2, -0.15) is 5.26 Å². The van der Waals surface area contributed by atoms with Crippen LogP contribution in [0.5, 0.6) is 0 Å². The van der Waals surface area contributed by atoms with Crippen molar-refractivity contribution in [3.63, 3.8) is 0 Å². The molecule has 4 heteroatoms. The summed E-state index contributed by atoms with van der Waals surface area (Å²) in [5, 5.41) is 9.12. The summed E-state index contributed by atoms with van der Waals surface area (Å²) in [6.07, 6.45) is 1.48. The molecule has 4 nitrogen and oxygen atoms in total. The molecule has 0 spiro atoms. The van der Waals surface area contributed by atoms with Gasteiger partial charge in [0.25, 0.3) is 0 Å². The van der Waals surface area contributed by atoms with Crippen LogP contribution in [0, 0.1) is 11.3 Å². The zero-order chi connectivity index (χ0) is 13.4. The van der Waals surface area contributed by atoms with Crippen molar-refractivity contribution in [1.29, 1.82) is 5.26 Å². The maximum Gasteiger partial charge on any atom is 0.306 e. The van der Waals surface area contributed by atoms with E-state index >= 15 is 0 Å². The Labute approximate surface area is 106 Å². The summed E-state index contributed by atoms with van der Waals surface area (Å²) in [5.74, 6) is -0.704. The Balaban J connectivity index is 3.07. The first kappa shape index (κ1) is 13.8. The molecular formula is C14H15NO3. The molecule has 0 aliphatic heterocycles. The highest BCUT2D eigenvalue weighted by Gasteiger charge is 2.21. The molecule has 0 saturated heterocycles. The molecule has 0 saturated carbocycles. The molecule has 94 valence electrons. The van der Waals surface area contributed by atoms with Crippen LogP contribution >= 0.6 is 0 Å². The maximum atomic E-state index is 11.4. The fraction of sp³-hybridized carbons (Fsp3) is 0.286. The van der Waals surface area contributed by atoms with Crippen LogP contribution in [-0.2, 0) is 14.3 Å². The smallest absolute Gasteiger partial charge is 0.306 e. The van der Waals surface area contributed by atoms with Gasteiger partial charge in [0.15, 0.2) is 0 Å². The zero-order valence-corrected chi connectivity index (χ0v) is 10.4. The molecule has 0 aromatic heterocycles. The molecule has 0 N–H and O–H groups in total. The second-order valence-corrected chi connectivity index (χ2v) is 3.66. The van der Waals surface area contributed by atoms with E-state index in [2.05, 4.69) is 10.8 Å². The number of ether oxygens (including phenoxy) is 2. The highest BCUT2D eigenvalue weighted by Crippen LogP contribution is 2.27. The van der Waals surface area contributed by atoms with Gasteiger partial charge in [-0.1, -0.05) is 30.3 Å². The van der Waals surface area contributed by atoms with Crippen molar-refractivity contribution in [2.75, 3.05) is 14.2 Å². The third kappa shape index (κ3) is 3.63. The van der Waals surface area contributed by atoms with Crippen LogP contribution in [0.2, 0.25) is 0 Å². The van der Waals surface area contributed by atoms with Crippen LogP contribution in [0.4, 0.5) is 0 Å². The van der Waals surface area contributed by atoms with E-state index < -0.39 is 0 Å². The number of nitriles is 1. The summed E-state index contributed by atoms with van der Waals surface area (Å²) in [4.78, 5) is 11.4. The third-order valence-corrected chi connectivity index (χ3v) is 2.55. The molecule has 0 amide bonds. The van der Waals surface area contributed by atoms with Crippen LogP contribution < -0.4 is 0 Å². The van der Waals surface area contributed by atoms with Gasteiger partial charge in [-0.15, -0.1) is 0 Å². The summed E-state index contributed by atoms with van der Waals surface area (Å²) >= 11 is 0. The number of esters is 1. The Morgan fingerprint density at radius 3 is 2.56 bits per heavy atom. The van der Waals surface area contributed by atoms with E-state index in [-0.39, 0.29) is 18.3 Å². The summed E-state index contributed by atoms with van der Waals surface area (Å²) in [6.45, 7) is 0. The first-order chi connectivity index (χ1) is 8.72. The Morgan fingerprint density at radius 2 is 2.06 bits per heavy atom. The van der Waals surface area contributed by atoms with E-state index in [0.717, 1.165) is 5.56 Å². The second-order valence-electron chi connectivity index (χ2n) is 3.66. The Kier molecular flexibility index (Phi) is 5.46. The lowest BCUT2D eigenvalue weighted by molar-refractivity contribution is -0.140. The molecule has 0 bridgehead atoms. The van der Waals surface area contributed by atoms with Gasteiger partial charge in [0.05, 0.1) is 38.5 Å². The van der Waals surface area contributed by atoms with Gasteiger partial charge in [0.1, 0.15) is 0 Å². The van der Waals surface area contributed by atoms with Crippen LogP contribution in [0.15, 0.2) is 42.2 Å². The van der Waals surface area contributed by atoms with Gasteiger partial charge in [-0.25, -0.2) is 0 Å². The Hall–Kier alpha value is -2.28. The van der Waals surface area contributed by atoms with Crippen molar-refractivity contribution in [2.45, 2.75) is 12.3 Å². The van der Waals surface area contributed by atoms with Crippen molar-refractivity contribution in [3.05, 3.63) is 47.7 Å². The van der Waals surface area contributed by atoms with Gasteiger partial charge in [0, 0.05) is 5.92 Å². The van der Waals surface area contributed by atoms with Crippen molar-refractivity contribution >= 4 is 5.97 Å². The lowest BCUT2D eigenvalue weighted by Gasteiger charge is -2.14. The summed E-state index contributed by atoms with van der Waals surface area (Å²) in [7, 11) is 2.80. The van der Waals surface area contributed by atoms with Crippen molar-refractivity contribution < 1.29 is 14.3 Å². The molecule has 0 radical (unpaired) electrons. The number of nitrogens with zero attached hydrogens (tertiary/aromatic N) is 1. The van der Waals surface area contributed by atoms with E-state index in [1.807, 2.05) is 30.3 Å². The van der Waals surface area contributed by atoms with E-state index in [4.69, 9.17) is 10.00 Å². The van der Waals surface area contributed by atoms with Gasteiger partial charge in [0.2, 0.25) is 0 Å².